The highest BCUT2D eigenvalue weighted by molar-refractivity contribution is 5.95. The number of hydrogen-bond acceptors (Lipinski definition) is 5. The number of nitrogens with one attached hydrogen (secondary N) is 2. The van der Waals surface area contributed by atoms with Crippen molar-refractivity contribution in [1.29, 1.82) is 0 Å². The smallest absolute Gasteiger partial charge is 0.302 e. The molecular formula is C23H18FN6O2+. The predicted molar refractivity (Wildman–Crippen MR) is 116 cm³/mol. The van der Waals surface area contributed by atoms with Crippen molar-refractivity contribution in [3.05, 3.63) is 88.1 Å². The van der Waals surface area contributed by atoms with Gasteiger partial charge in [0.15, 0.2) is 0 Å². The first-order chi connectivity index (χ1) is 15.4. The minimum absolute atomic E-state index is 0.00503. The van der Waals surface area contributed by atoms with Crippen LogP contribution in [-0.2, 0) is 0 Å². The summed E-state index contributed by atoms with van der Waals surface area (Å²) in [6.07, 6.45) is 8.48. The average Bonchev–Trinajstić information content (AvgIpc) is 2.79. The third-order valence-electron chi connectivity index (χ3n) is 4.89. The summed E-state index contributed by atoms with van der Waals surface area (Å²) in [6.45, 7) is 1.67. The lowest BCUT2D eigenvalue weighted by Gasteiger charge is -2.20. The number of benzene rings is 2. The lowest BCUT2D eigenvalue weighted by Crippen LogP contribution is -2.35. The summed E-state index contributed by atoms with van der Waals surface area (Å²) in [5.74, 6) is 1.82. The molecule has 0 spiro atoms. The zero-order chi connectivity index (χ0) is 22.8. The Kier molecular flexibility index (Phi) is 5.35. The van der Waals surface area contributed by atoms with E-state index in [2.05, 4.69) is 26.2 Å². The Morgan fingerprint density at radius 3 is 2.72 bits per heavy atom. The summed E-state index contributed by atoms with van der Waals surface area (Å²) in [4.78, 5) is 37.5. The second-order valence-corrected chi connectivity index (χ2v) is 6.98. The molecule has 4 rings (SSSR count). The summed E-state index contributed by atoms with van der Waals surface area (Å²) in [7, 11) is 0. The maximum absolute atomic E-state index is 13.5. The number of carbonyl (C=O) groups excluding carboxylic acids is 1. The predicted octanol–water partition coefficient (Wildman–Crippen LogP) is 1.79. The monoisotopic (exact) mass is 429 g/mol. The molecule has 0 aliphatic carbocycles. The van der Waals surface area contributed by atoms with Crippen LogP contribution >= 0.6 is 0 Å². The highest BCUT2D eigenvalue weighted by Crippen LogP contribution is 2.20. The van der Waals surface area contributed by atoms with Gasteiger partial charge in [-0.05, 0) is 43.3 Å². The maximum atomic E-state index is 13.5. The number of aromatic amines is 1. The zero-order valence-electron chi connectivity index (χ0n) is 17.0. The lowest BCUT2D eigenvalue weighted by atomic mass is 10.1. The van der Waals surface area contributed by atoms with Gasteiger partial charge in [0, 0.05) is 5.56 Å². The number of aromatic nitrogens is 4. The van der Waals surface area contributed by atoms with E-state index in [9.17, 15) is 14.0 Å². The SMILES string of the molecule is C#Cc1cccc2nc(C(C)NC(=O)c3ncc[nH+]c3N)n(-c3ccc(F)cc3)c(=O)c12. The molecule has 2 aromatic carbocycles. The topological polar surface area (TPSA) is 117 Å². The minimum atomic E-state index is -0.736. The molecule has 0 aliphatic heterocycles. The van der Waals surface area contributed by atoms with Gasteiger partial charge in [0.2, 0.25) is 5.69 Å². The molecule has 32 heavy (non-hydrogen) atoms. The molecule has 158 valence electrons. The van der Waals surface area contributed by atoms with E-state index in [0.29, 0.717) is 16.8 Å². The Morgan fingerprint density at radius 1 is 1.28 bits per heavy atom. The minimum Gasteiger partial charge on any atom is -0.341 e. The van der Waals surface area contributed by atoms with Crippen molar-refractivity contribution < 1.29 is 14.2 Å². The summed E-state index contributed by atoms with van der Waals surface area (Å²) in [5, 5.41) is 3.01. The van der Waals surface area contributed by atoms with Crippen LogP contribution in [0.1, 0.15) is 34.8 Å². The Balaban J connectivity index is 1.89. The fourth-order valence-corrected chi connectivity index (χ4v) is 3.38. The van der Waals surface area contributed by atoms with Crippen molar-refractivity contribution in [2.45, 2.75) is 13.0 Å². The van der Waals surface area contributed by atoms with Crippen molar-refractivity contribution in [3.8, 4) is 18.0 Å². The number of fused-ring (bicyclic) bond motifs is 1. The van der Waals surface area contributed by atoms with Gasteiger partial charge in [-0.1, -0.05) is 12.0 Å². The molecular weight excluding hydrogens is 411 g/mol. The maximum Gasteiger partial charge on any atom is 0.302 e. The van der Waals surface area contributed by atoms with Crippen molar-refractivity contribution in [2.75, 3.05) is 5.73 Å². The third kappa shape index (κ3) is 3.65. The Bertz CT molecular complexity index is 1440. The molecule has 0 saturated carbocycles. The first kappa shape index (κ1) is 20.7. The van der Waals surface area contributed by atoms with Gasteiger partial charge in [-0.25, -0.2) is 19.3 Å². The number of nitrogen functional groups attached to an aromatic ring is 1. The summed E-state index contributed by atoms with van der Waals surface area (Å²) in [5.41, 5.74) is 6.51. The van der Waals surface area contributed by atoms with Gasteiger partial charge in [-0.3, -0.25) is 19.9 Å². The molecule has 9 heteroatoms. The normalized spacial score (nSPS) is 11.7. The number of halogens is 1. The van der Waals surface area contributed by atoms with E-state index in [4.69, 9.17) is 12.2 Å². The van der Waals surface area contributed by atoms with Gasteiger partial charge in [-0.2, -0.15) is 0 Å². The number of anilines is 1. The molecule has 1 unspecified atom stereocenters. The van der Waals surface area contributed by atoms with Gasteiger partial charge < -0.3 is 5.32 Å². The molecule has 4 N–H and O–H groups in total. The van der Waals surface area contributed by atoms with E-state index in [-0.39, 0.29) is 22.7 Å². The first-order valence-corrected chi connectivity index (χ1v) is 9.62. The van der Waals surface area contributed by atoms with E-state index in [1.807, 2.05) is 0 Å². The summed E-state index contributed by atoms with van der Waals surface area (Å²) in [6, 6.07) is 9.64. The second-order valence-electron chi connectivity index (χ2n) is 6.98. The molecule has 8 nitrogen and oxygen atoms in total. The van der Waals surface area contributed by atoms with Crippen LogP contribution in [0.4, 0.5) is 10.2 Å². The van der Waals surface area contributed by atoms with E-state index >= 15 is 0 Å². The van der Waals surface area contributed by atoms with Gasteiger partial charge in [0.25, 0.3) is 11.5 Å². The van der Waals surface area contributed by atoms with E-state index in [1.165, 1.54) is 41.2 Å². The molecule has 0 saturated heterocycles. The lowest BCUT2D eigenvalue weighted by molar-refractivity contribution is -0.361. The molecule has 1 atom stereocenters. The second kappa shape index (κ2) is 8.28. The largest absolute Gasteiger partial charge is 0.341 e. The first-order valence-electron chi connectivity index (χ1n) is 9.62. The van der Waals surface area contributed by atoms with Crippen LogP contribution < -0.4 is 21.6 Å². The quantitative estimate of drug-likeness (QED) is 0.480. The van der Waals surface area contributed by atoms with Crippen LogP contribution in [0.3, 0.4) is 0 Å². The number of terminal acetylenes is 1. The molecule has 2 aromatic heterocycles. The molecule has 1 amide bonds. The molecule has 4 aromatic rings. The molecule has 0 aliphatic rings. The van der Waals surface area contributed by atoms with Crippen LogP contribution in [0.5, 0.6) is 0 Å². The molecule has 0 bridgehead atoms. The molecule has 0 fully saturated rings. The van der Waals surface area contributed by atoms with E-state index in [0.717, 1.165) is 0 Å². The Labute approximate surface area is 182 Å². The molecule has 2 heterocycles. The fourth-order valence-electron chi connectivity index (χ4n) is 3.38. The van der Waals surface area contributed by atoms with Gasteiger partial charge in [0.1, 0.15) is 17.8 Å². The van der Waals surface area contributed by atoms with Crippen LogP contribution in [0.15, 0.2) is 59.7 Å². The van der Waals surface area contributed by atoms with Crippen LogP contribution in [0.2, 0.25) is 0 Å². The number of carbonyl (C=O) groups is 1. The van der Waals surface area contributed by atoms with Crippen LogP contribution in [0.25, 0.3) is 16.6 Å². The highest BCUT2D eigenvalue weighted by Gasteiger charge is 2.23. The Hall–Kier alpha value is -4.58. The Morgan fingerprint density at radius 2 is 2.03 bits per heavy atom. The standard InChI is InChI=1S/C23H17FN6O2/c1-3-14-5-4-6-17-18(14)23(32)30(16-9-7-15(24)8-10-16)21(29-17)13(2)28-22(31)19-20(25)27-12-11-26-19/h1,4-13H,2H3,(H2,25,27)(H,28,31)/p+1. The third-order valence-corrected chi connectivity index (χ3v) is 4.89. The summed E-state index contributed by atoms with van der Waals surface area (Å²) >= 11 is 0. The van der Waals surface area contributed by atoms with Crippen LogP contribution in [0, 0.1) is 18.2 Å². The average molecular weight is 429 g/mol. The van der Waals surface area contributed by atoms with E-state index < -0.39 is 23.3 Å². The van der Waals surface area contributed by atoms with Crippen molar-refractivity contribution in [1.82, 2.24) is 19.9 Å². The number of hydrogen-bond donors (Lipinski definition) is 2. The fraction of sp³-hybridized carbons (Fsp3) is 0.0870. The highest BCUT2D eigenvalue weighted by atomic mass is 19.1. The number of rotatable bonds is 4. The molecule has 0 radical (unpaired) electrons. The van der Waals surface area contributed by atoms with Crippen molar-refractivity contribution in [2.24, 2.45) is 0 Å². The summed E-state index contributed by atoms with van der Waals surface area (Å²) < 4.78 is 14.8. The zero-order valence-corrected chi connectivity index (χ0v) is 17.0. The number of nitrogens with two attached hydrogens (primary N) is 1. The van der Waals surface area contributed by atoms with Crippen molar-refractivity contribution in [3.63, 3.8) is 0 Å². The number of H-pyrrole nitrogens is 1. The van der Waals surface area contributed by atoms with Gasteiger partial charge >= 0.3 is 5.82 Å². The number of amides is 1. The van der Waals surface area contributed by atoms with E-state index in [1.54, 1.807) is 25.1 Å². The van der Waals surface area contributed by atoms with Gasteiger partial charge in [-0.15, -0.1) is 6.42 Å². The van der Waals surface area contributed by atoms with Gasteiger partial charge in [0.05, 0.1) is 28.8 Å². The van der Waals surface area contributed by atoms with Crippen molar-refractivity contribution >= 4 is 22.6 Å². The number of nitrogens with zero attached hydrogens (tertiary/aromatic N) is 3. The van der Waals surface area contributed by atoms with Crippen LogP contribution in [-0.4, -0.2) is 20.4 Å².